The molecule has 2 N–H and O–H groups in total. The van der Waals surface area contributed by atoms with Crippen molar-refractivity contribution in [3.05, 3.63) is 29.8 Å². The molecular weight excluding hydrogens is 378 g/mol. The van der Waals surface area contributed by atoms with Crippen LogP contribution in [-0.2, 0) is 14.8 Å². The van der Waals surface area contributed by atoms with Gasteiger partial charge in [-0.05, 0) is 70.0 Å². The van der Waals surface area contributed by atoms with Gasteiger partial charge in [-0.2, -0.15) is 0 Å². The van der Waals surface area contributed by atoms with Crippen molar-refractivity contribution in [1.82, 2.24) is 14.9 Å². The number of carbonyl (C=O) groups excluding carboxylic acids is 1. The van der Waals surface area contributed by atoms with Crippen LogP contribution < -0.4 is 10.0 Å². The van der Waals surface area contributed by atoms with Gasteiger partial charge in [0, 0.05) is 31.8 Å². The summed E-state index contributed by atoms with van der Waals surface area (Å²) in [6.45, 7) is 5.69. The molecule has 8 heteroatoms. The minimum Gasteiger partial charge on any atom is -0.383 e. The molecule has 1 aliphatic rings. The van der Waals surface area contributed by atoms with E-state index in [-0.39, 0.29) is 17.3 Å². The third-order valence-corrected chi connectivity index (χ3v) is 6.60. The summed E-state index contributed by atoms with van der Waals surface area (Å²) in [6, 6.07) is 6.64. The third-order valence-electron chi connectivity index (χ3n) is 5.12. The molecular formula is C20H33N3O4S. The Morgan fingerprint density at radius 1 is 1.18 bits per heavy atom. The molecule has 7 nitrogen and oxygen atoms in total. The van der Waals surface area contributed by atoms with Gasteiger partial charge in [0.25, 0.3) is 5.91 Å². The van der Waals surface area contributed by atoms with E-state index in [9.17, 15) is 13.2 Å². The molecule has 2 rings (SSSR count). The summed E-state index contributed by atoms with van der Waals surface area (Å²) in [6.07, 6.45) is 5.90. The van der Waals surface area contributed by atoms with E-state index >= 15 is 0 Å². The maximum atomic E-state index is 12.2. The van der Waals surface area contributed by atoms with E-state index in [1.54, 1.807) is 0 Å². The number of rotatable bonds is 11. The van der Waals surface area contributed by atoms with Crippen LogP contribution in [0.1, 0.15) is 49.4 Å². The normalized spacial score (nSPS) is 18.1. The first kappa shape index (κ1) is 22.8. The number of likely N-dealkylation sites (tertiary alicyclic amines) is 1. The highest BCUT2D eigenvalue weighted by molar-refractivity contribution is 7.89. The van der Waals surface area contributed by atoms with E-state index < -0.39 is 10.0 Å². The number of ether oxygens (including phenoxy) is 1. The van der Waals surface area contributed by atoms with E-state index in [1.165, 1.54) is 57.2 Å². The first-order valence-corrected chi connectivity index (χ1v) is 11.5. The van der Waals surface area contributed by atoms with Crippen molar-refractivity contribution in [3.63, 3.8) is 0 Å². The van der Waals surface area contributed by atoms with E-state index in [2.05, 4.69) is 21.9 Å². The molecule has 1 atom stereocenters. The molecule has 28 heavy (non-hydrogen) atoms. The summed E-state index contributed by atoms with van der Waals surface area (Å²) in [5, 5.41) is 2.91. The number of methoxy groups -OCH3 is 1. The molecule has 1 heterocycles. The number of hydrogen-bond acceptors (Lipinski definition) is 5. The fourth-order valence-corrected chi connectivity index (χ4v) is 4.39. The lowest BCUT2D eigenvalue weighted by Gasteiger charge is -2.33. The quantitative estimate of drug-likeness (QED) is 0.544. The number of sulfonamides is 1. The molecule has 0 aliphatic carbocycles. The van der Waals surface area contributed by atoms with Crippen LogP contribution in [0, 0.1) is 0 Å². The van der Waals surface area contributed by atoms with Crippen LogP contribution in [0.4, 0.5) is 0 Å². The van der Waals surface area contributed by atoms with Gasteiger partial charge in [0.05, 0.1) is 11.5 Å². The van der Waals surface area contributed by atoms with Crippen LogP contribution in [0.15, 0.2) is 29.2 Å². The molecule has 158 valence electrons. The molecule has 1 aromatic rings. The molecule has 1 aromatic carbocycles. The summed E-state index contributed by atoms with van der Waals surface area (Å²) in [5.41, 5.74) is 0.459. The standard InChI is InChI=1S/C20H33N3O4S/c1-17-7-3-5-14-23(17)15-6-4-12-21-20(24)18-8-10-19(11-9-18)28(25,26)22-13-16-27-2/h8-11,17,22H,3-7,12-16H2,1-2H3,(H,21,24). The van der Waals surface area contributed by atoms with Crippen LogP contribution in [0.3, 0.4) is 0 Å². The Morgan fingerprint density at radius 3 is 2.61 bits per heavy atom. The van der Waals surface area contributed by atoms with Crippen LogP contribution >= 0.6 is 0 Å². The molecule has 0 radical (unpaired) electrons. The SMILES string of the molecule is COCCNS(=O)(=O)c1ccc(C(=O)NCCCCN2CCCCC2C)cc1. The van der Waals surface area contributed by atoms with Crippen molar-refractivity contribution in [1.29, 1.82) is 0 Å². The van der Waals surface area contributed by atoms with Gasteiger partial charge in [-0.15, -0.1) is 0 Å². The first-order valence-electron chi connectivity index (χ1n) is 10.0. The van der Waals surface area contributed by atoms with Gasteiger partial charge in [0.15, 0.2) is 0 Å². The topological polar surface area (TPSA) is 87.7 Å². The largest absolute Gasteiger partial charge is 0.383 e. The molecule has 0 saturated carbocycles. The Morgan fingerprint density at radius 2 is 1.93 bits per heavy atom. The smallest absolute Gasteiger partial charge is 0.251 e. The molecule has 1 amide bonds. The number of piperidine rings is 1. The zero-order valence-corrected chi connectivity index (χ0v) is 17.8. The number of nitrogens with one attached hydrogen (secondary N) is 2. The summed E-state index contributed by atoms with van der Waals surface area (Å²) >= 11 is 0. The number of unbranched alkanes of at least 4 members (excludes halogenated alkanes) is 1. The Hall–Kier alpha value is -1.48. The van der Waals surface area contributed by atoms with E-state index in [1.807, 2.05) is 0 Å². The maximum absolute atomic E-state index is 12.2. The highest BCUT2D eigenvalue weighted by Gasteiger charge is 2.17. The lowest BCUT2D eigenvalue weighted by molar-refractivity contribution is 0.0951. The predicted octanol–water partition coefficient (Wildman–Crippen LogP) is 2.00. The number of hydrogen-bond donors (Lipinski definition) is 2. The van der Waals surface area contributed by atoms with Gasteiger partial charge in [-0.25, -0.2) is 13.1 Å². The molecule has 0 aromatic heterocycles. The average Bonchev–Trinajstić information content (AvgIpc) is 2.69. The Kier molecular flexibility index (Phi) is 9.37. The van der Waals surface area contributed by atoms with Crippen LogP contribution in [-0.4, -0.2) is 65.2 Å². The minimum atomic E-state index is -3.58. The average molecular weight is 412 g/mol. The van der Waals surface area contributed by atoms with Crippen LogP contribution in [0.25, 0.3) is 0 Å². The second kappa shape index (κ2) is 11.5. The Bertz CT molecular complexity index is 707. The van der Waals surface area contributed by atoms with Crippen molar-refractivity contribution >= 4 is 15.9 Å². The van der Waals surface area contributed by atoms with Crippen LogP contribution in [0.2, 0.25) is 0 Å². The Balaban J connectivity index is 1.72. The maximum Gasteiger partial charge on any atom is 0.251 e. The van der Waals surface area contributed by atoms with Gasteiger partial charge < -0.3 is 15.0 Å². The monoisotopic (exact) mass is 411 g/mol. The Labute approximate surface area is 168 Å². The second-order valence-electron chi connectivity index (χ2n) is 7.26. The fourth-order valence-electron chi connectivity index (χ4n) is 3.38. The number of carbonyl (C=O) groups is 1. The number of benzene rings is 1. The van der Waals surface area contributed by atoms with Gasteiger partial charge in [0.2, 0.25) is 10.0 Å². The van der Waals surface area contributed by atoms with E-state index in [0.717, 1.165) is 19.4 Å². The highest BCUT2D eigenvalue weighted by Crippen LogP contribution is 2.16. The molecule has 1 aliphatic heterocycles. The number of nitrogens with zero attached hydrogens (tertiary/aromatic N) is 1. The lowest BCUT2D eigenvalue weighted by atomic mass is 10.0. The van der Waals surface area contributed by atoms with Crippen molar-refractivity contribution in [2.24, 2.45) is 0 Å². The number of amides is 1. The molecule has 0 bridgehead atoms. The summed E-state index contributed by atoms with van der Waals surface area (Å²) < 4.78 is 31.5. The van der Waals surface area contributed by atoms with Crippen molar-refractivity contribution in [3.8, 4) is 0 Å². The summed E-state index contributed by atoms with van der Waals surface area (Å²) in [7, 11) is -2.07. The van der Waals surface area contributed by atoms with E-state index in [0.29, 0.717) is 24.8 Å². The predicted molar refractivity (Wildman–Crippen MR) is 110 cm³/mol. The van der Waals surface area contributed by atoms with Gasteiger partial charge in [-0.3, -0.25) is 4.79 Å². The van der Waals surface area contributed by atoms with E-state index in [4.69, 9.17) is 4.74 Å². The van der Waals surface area contributed by atoms with Crippen molar-refractivity contribution in [2.75, 3.05) is 39.9 Å². The summed E-state index contributed by atoms with van der Waals surface area (Å²) in [4.78, 5) is 14.9. The third kappa shape index (κ3) is 7.16. The first-order chi connectivity index (χ1) is 13.4. The minimum absolute atomic E-state index is 0.135. The molecule has 0 spiro atoms. The van der Waals surface area contributed by atoms with Crippen LogP contribution in [0.5, 0.6) is 0 Å². The van der Waals surface area contributed by atoms with Crippen molar-refractivity contribution in [2.45, 2.75) is 50.0 Å². The molecule has 1 unspecified atom stereocenters. The van der Waals surface area contributed by atoms with Gasteiger partial charge >= 0.3 is 0 Å². The van der Waals surface area contributed by atoms with Gasteiger partial charge in [0.1, 0.15) is 0 Å². The lowest BCUT2D eigenvalue weighted by Crippen LogP contribution is -2.38. The molecule has 1 fully saturated rings. The van der Waals surface area contributed by atoms with Gasteiger partial charge in [-0.1, -0.05) is 6.42 Å². The second-order valence-corrected chi connectivity index (χ2v) is 9.03. The zero-order valence-electron chi connectivity index (χ0n) is 16.9. The van der Waals surface area contributed by atoms with Crippen molar-refractivity contribution < 1.29 is 17.9 Å². The molecule has 1 saturated heterocycles. The fraction of sp³-hybridized carbons (Fsp3) is 0.650. The zero-order chi connectivity index (χ0) is 20.4. The summed E-state index contributed by atoms with van der Waals surface area (Å²) in [5.74, 6) is -0.178. The highest BCUT2D eigenvalue weighted by atomic mass is 32.2.